The fourth-order valence-corrected chi connectivity index (χ4v) is 3.89. The van der Waals surface area contributed by atoms with Gasteiger partial charge < -0.3 is 9.15 Å². The molecule has 30 heavy (non-hydrogen) atoms. The van der Waals surface area contributed by atoms with Crippen LogP contribution in [0.4, 0.5) is 5.13 Å². The summed E-state index contributed by atoms with van der Waals surface area (Å²) in [7, 11) is 1.59. The molecule has 2 heterocycles. The van der Waals surface area contributed by atoms with Gasteiger partial charge in [0.05, 0.1) is 17.3 Å². The third-order valence-corrected chi connectivity index (χ3v) is 5.69. The fraction of sp³-hybridized carbons (Fsp3) is 0.0455. The molecule has 0 saturated heterocycles. The van der Waals surface area contributed by atoms with E-state index in [4.69, 9.17) is 9.15 Å². The van der Waals surface area contributed by atoms with Crippen LogP contribution in [0.3, 0.4) is 0 Å². The first-order valence-corrected chi connectivity index (χ1v) is 10.4. The van der Waals surface area contributed by atoms with Crippen LogP contribution in [0.5, 0.6) is 5.75 Å². The van der Waals surface area contributed by atoms with Gasteiger partial charge in [0.15, 0.2) is 5.13 Å². The van der Waals surface area contributed by atoms with Crippen LogP contribution in [0, 0.1) is 11.3 Å². The van der Waals surface area contributed by atoms with Gasteiger partial charge in [-0.3, -0.25) is 10.1 Å². The zero-order valence-electron chi connectivity index (χ0n) is 15.7. The molecule has 0 unspecified atom stereocenters. The Morgan fingerprint density at radius 3 is 2.77 bits per heavy atom. The summed E-state index contributed by atoms with van der Waals surface area (Å²) in [6.45, 7) is 0. The average molecular weight is 480 g/mol. The highest BCUT2D eigenvalue weighted by molar-refractivity contribution is 9.10. The maximum atomic E-state index is 12.6. The zero-order valence-corrected chi connectivity index (χ0v) is 18.1. The highest BCUT2D eigenvalue weighted by Gasteiger charge is 2.14. The SMILES string of the molecule is COc1ccc2nc(NC(=O)C(C#N)=Cc3ccc(-c4ccc(Br)cc4)o3)sc2c1. The Morgan fingerprint density at radius 1 is 1.23 bits per heavy atom. The minimum atomic E-state index is -0.551. The Hall–Kier alpha value is -3.41. The second kappa shape index (κ2) is 8.53. The van der Waals surface area contributed by atoms with Crippen LogP contribution in [-0.2, 0) is 4.79 Å². The van der Waals surface area contributed by atoms with Crippen LogP contribution in [0.25, 0.3) is 27.6 Å². The molecular formula is C22H14BrN3O3S. The van der Waals surface area contributed by atoms with E-state index in [1.54, 1.807) is 25.3 Å². The van der Waals surface area contributed by atoms with Gasteiger partial charge in [-0.2, -0.15) is 5.26 Å². The predicted octanol–water partition coefficient (Wildman–Crippen LogP) is 5.87. The van der Waals surface area contributed by atoms with E-state index in [0.717, 1.165) is 20.3 Å². The van der Waals surface area contributed by atoms with Crippen molar-refractivity contribution in [3.63, 3.8) is 0 Å². The number of hydrogen-bond donors (Lipinski definition) is 1. The summed E-state index contributed by atoms with van der Waals surface area (Å²) in [4.78, 5) is 16.9. The van der Waals surface area contributed by atoms with E-state index in [1.165, 1.54) is 17.4 Å². The number of halogens is 1. The fourth-order valence-electron chi connectivity index (χ4n) is 2.74. The minimum absolute atomic E-state index is 0.0801. The van der Waals surface area contributed by atoms with Crippen LogP contribution < -0.4 is 10.1 Å². The van der Waals surface area contributed by atoms with E-state index in [-0.39, 0.29) is 5.57 Å². The van der Waals surface area contributed by atoms with Crippen LogP contribution in [0.2, 0.25) is 0 Å². The Bertz CT molecular complexity index is 1300. The maximum Gasteiger partial charge on any atom is 0.268 e. The van der Waals surface area contributed by atoms with Gasteiger partial charge >= 0.3 is 0 Å². The molecule has 148 valence electrons. The largest absolute Gasteiger partial charge is 0.497 e. The van der Waals surface area contributed by atoms with Crippen molar-refractivity contribution >= 4 is 54.6 Å². The first kappa shape index (κ1) is 19.9. The number of hydrogen-bond acceptors (Lipinski definition) is 6. The van der Waals surface area contributed by atoms with Crippen molar-refractivity contribution in [2.45, 2.75) is 0 Å². The number of amides is 1. The average Bonchev–Trinajstić information content (AvgIpc) is 3.38. The monoisotopic (exact) mass is 479 g/mol. The van der Waals surface area contributed by atoms with E-state index in [9.17, 15) is 10.1 Å². The number of fused-ring (bicyclic) bond motifs is 1. The number of anilines is 1. The second-order valence-corrected chi connectivity index (χ2v) is 8.13. The molecule has 0 fully saturated rings. The van der Waals surface area contributed by atoms with Crippen LogP contribution in [0.1, 0.15) is 5.76 Å². The van der Waals surface area contributed by atoms with E-state index >= 15 is 0 Å². The molecule has 0 aliphatic carbocycles. The summed E-state index contributed by atoms with van der Waals surface area (Å²) in [5.74, 6) is 1.21. The lowest BCUT2D eigenvalue weighted by Gasteiger charge is -1.99. The number of aromatic nitrogens is 1. The molecule has 1 amide bonds. The molecule has 0 atom stereocenters. The summed E-state index contributed by atoms with van der Waals surface area (Å²) >= 11 is 4.70. The van der Waals surface area contributed by atoms with Gasteiger partial charge in [0.1, 0.15) is 28.9 Å². The van der Waals surface area contributed by atoms with E-state index in [2.05, 4.69) is 26.2 Å². The Morgan fingerprint density at radius 2 is 2.03 bits per heavy atom. The van der Waals surface area contributed by atoms with E-state index in [0.29, 0.717) is 22.4 Å². The lowest BCUT2D eigenvalue weighted by molar-refractivity contribution is -0.112. The number of carbonyl (C=O) groups excluding carboxylic acids is 1. The molecule has 8 heteroatoms. The number of rotatable bonds is 5. The third-order valence-electron chi connectivity index (χ3n) is 4.22. The summed E-state index contributed by atoms with van der Waals surface area (Å²) < 4.78 is 12.8. The molecule has 0 aliphatic heterocycles. The van der Waals surface area contributed by atoms with Crippen LogP contribution >= 0.6 is 27.3 Å². The standard InChI is InChI=1S/C22H14BrN3O3S/c1-28-16-6-8-18-20(11-16)30-22(25-18)26-21(27)14(12-24)10-17-7-9-19(29-17)13-2-4-15(23)5-3-13/h2-11H,1H3,(H,25,26,27). The molecule has 4 aromatic rings. The normalized spacial score (nSPS) is 11.3. The number of ether oxygens (including phenoxy) is 1. The minimum Gasteiger partial charge on any atom is -0.497 e. The molecule has 0 bridgehead atoms. The van der Waals surface area contributed by atoms with Crippen molar-refractivity contribution in [1.82, 2.24) is 4.98 Å². The smallest absolute Gasteiger partial charge is 0.268 e. The Balaban J connectivity index is 1.53. The Kier molecular flexibility index (Phi) is 5.65. The lowest BCUT2D eigenvalue weighted by atomic mass is 10.2. The zero-order chi connectivity index (χ0) is 21.1. The first-order valence-electron chi connectivity index (χ1n) is 8.79. The molecule has 0 spiro atoms. The van der Waals surface area contributed by atoms with Crippen molar-refractivity contribution in [2.75, 3.05) is 12.4 Å². The van der Waals surface area contributed by atoms with Gasteiger partial charge in [-0.15, -0.1) is 0 Å². The van der Waals surface area contributed by atoms with Crippen LogP contribution in [0.15, 0.2) is 69.1 Å². The number of furan rings is 1. The van der Waals surface area contributed by atoms with Crippen molar-refractivity contribution in [3.8, 4) is 23.1 Å². The molecule has 0 aliphatic rings. The number of methoxy groups -OCH3 is 1. The number of nitrogens with zero attached hydrogens (tertiary/aromatic N) is 2. The summed E-state index contributed by atoms with van der Waals surface area (Å²) in [6.07, 6.45) is 1.41. The van der Waals surface area contributed by atoms with Crippen molar-refractivity contribution < 1.29 is 13.9 Å². The number of thiazole rings is 1. The summed E-state index contributed by atoms with van der Waals surface area (Å²) in [5.41, 5.74) is 1.55. The van der Waals surface area contributed by atoms with E-state index < -0.39 is 5.91 Å². The van der Waals surface area contributed by atoms with Gasteiger partial charge in [-0.05, 0) is 42.5 Å². The number of carbonyl (C=O) groups is 1. The van der Waals surface area contributed by atoms with Gasteiger partial charge in [0.25, 0.3) is 5.91 Å². The molecule has 6 nitrogen and oxygen atoms in total. The highest BCUT2D eigenvalue weighted by Crippen LogP contribution is 2.30. The molecule has 2 aromatic heterocycles. The molecule has 2 aromatic carbocycles. The molecule has 4 rings (SSSR count). The number of nitrogens with one attached hydrogen (secondary N) is 1. The maximum absolute atomic E-state index is 12.6. The van der Waals surface area contributed by atoms with Gasteiger partial charge in [-0.25, -0.2) is 4.98 Å². The molecule has 0 radical (unpaired) electrons. The molecule has 1 N–H and O–H groups in total. The lowest BCUT2D eigenvalue weighted by Crippen LogP contribution is -2.13. The summed E-state index contributed by atoms with van der Waals surface area (Å²) in [5, 5.41) is 12.5. The molecular weight excluding hydrogens is 466 g/mol. The second-order valence-electron chi connectivity index (χ2n) is 6.19. The third kappa shape index (κ3) is 4.27. The first-order chi connectivity index (χ1) is 14.6. The Labute approximate surface area is 184 Å². The van der Waals surface area contributed by atoms with Crippen LogP contribution in [-0.4, -0.2) is 18.0 Å². The quantitative estimate of drug-likeness (QED) is 0.285. The van der Waals surface area contributed by atoms with Crippen molar-refractivity contribution in [2.24, 2.45) is 0 Å². The van der Waals surface area contributed by atoms with Gasteiger partial charge in [0.2, 0.25) is 0 Å². The van der Waals surface area contributed by atoms with Gasteiger partial charge in [0, 0.05) is 16.1 Å². The number of benzene rings is 2. The van der Waals surface area contributed by atoms with Gasteiger partial charge in [-0.1, -0.05) is 39.4 Å². The molecule has 0 saturated carbocycles. The summed E-state index contributed by atoms with van der Waals surface area (Å²) in [6, 6.07) is 18.5. The predicted molar refractivity (Wildman–Crippen MR) is 120 cm³/mol. The van der Waals surface area contributed by atoms with E-state index in [1.807, 2.05) is 42.5 Å². The van der Waals surface area contributed by atoms with Crippen molar-refractivity contribution in [3.05, 3.63) is 70.4 Å². The number of nitriles is 1. The highest BCUT2D eigenvalue weighted by atomic mass is 79.9. The topological polar surface area (TPSA) is 88.1 Å². The van der Waals surface area contributed by atoms with Crippen molar-refractivity contribution in [1.29, 1.82) is 5.26 Å².